The molecule has 0 spiro atoms. The Morgan fingerprint density at radius 3 is 2.23 bits per heavy atom. The fraction of sp³-hybridized carbons (Fsp3) is 0.889. The van der Waals surface area contributed by atoms with Gasteiger partial charge in [-0.2, -0.15) is 6.92 Å². The number of hydrogen-bond acceptors (Lipinski definition) is 3. The Morgan fingerprint density at radius 2 is 2.00 bits per heavy atom. The molecule has 1 heterocycles. The molecule has 4 heteroatoms. The molecule has 13 heavy (non-hydrogen) atoms. The molecule has 75 valence electrons. The molecule has 1 aliphatic heterocycles. The van der Waals surface area contributed by atoms with Crippen LogP contribution in [0.25, 0.3) is 0 Å². The average molecular weight is 262 g/mol. The summed E-state index contributed by atoms with van der Waals surface area (Å²) in [4.78, 5) is 0. The van der Waals surface area contributed by atoms with Crippen LogP contribution in [-0.4, -0.2) is 35.1 Å². The summed E-state index contributed by atoms with van der Waals surface area (Å²) >= 11 is 0. The van der Waals surface area contributed by atoms with Gasteiger partial charge in [0.1, 0.15) is 0 Å². The van der Waals surface area contributed by atoms with Gasteiger partial charge in [0.15, 0.2) is 0 Å². The Hall–Kier alpha value is 0.984. The van der Waals surface area contributed by atoms with Crippen molar-refractivity contribution in [2.75, 3.05) is 6.61 Å². The largest absolute Gasteiger partial charge is 0.422 e. The first-order valence-electron chi connectivity index (χ1n) is 4.35. The predicted molar refractivity (Wildman–Crippen MR) is 45.5 cm³/mol. The van der Waals surface area contributed by atoms with Crippen LogP contribution < -0.4 is 0 Å². The quantitative estimate of drug-likeness (QED) is 0.706. The van der Waals surface area contributed by atoms with Gasteiger partial charge in [0, 0.05) is 32.7 Å². The molecular weight excluding hydrogens is 245 g/mol. The van der Waals surface area contributed by atoms with E-state index < -0.39 is 12.2 Å². The smallest absolute Gasteiger partial charge is 0.0756 e. The minimum absolute atomic E-state index is 0. The van der Waals surface area contributed by atoms with E-state index in [1.54, 1.807) is 0 Å². The van der Waals surface area contributed by atoms with Crippen LogP contribution in [0.3, 0.4) is 0 Å². The first kappa shape index (κ1) is 14.0. The van der Waals surface area contributed by atoms with Crippen molar-refractivity contribution in [1.82, 2.24) is 0 Å². The maximum Gasteiger partial charge on any atom is 0.0756 e. The van der Waals surface area contributed by atoms with E-state index in [1.807, 2.05) is 20.8 Å². The molecule has 0 aromatic rings. The SMILES string of the molecule is C[C-]1C(C(C)C)O[C@H](CO)[C@@H]1O.[Y]. The molecular formula is C9H17O3Y-. The first-order valence-corrected chi connectivity index (χ1v) is 4.35. The van der Waals surface area contributed by atoms with E-state index in [0.717, 1.165) is 5.92 Å². The van der Waals surface area contributed by atoms with Crippen LogP contribution in [-0.2, 0) is 37.4 Å². The molecule has 0 saturated carbocycles. The van der Waals surface area contributed by atoms with Gasteiger partial charge in [-0.3, -0.25) is 5.92 Å². The summed E-state index contributed by atoms with van der Waals surface area (Å²) in [6.45, 7) is 5.86. The monoisotopic (exact) mass is 262 g/mol. The van der Waals surface area contributed by atoms with E-state index in [9.17, 15) is 5.11 Å². The second kappa shape index (κ2) is 5.77. The number of hydrogen-bond donors (Lipinski definition) is 2. The van der Waals surface area contributed by atoms with E-state index >= 15 is 0 Å². The Labute approximate surface area is 105 Å². The molecule has 3 nitrogen and oxygen atoms in total. The topological polar surface area (TPSA) is 49.7 Å². The molecule has 1 fully saturated rings. The molecule has 3 atom stereocenters. The molecule has 0 bridgehead atoms. The van der Waals surface area contributed by atoms with Gasteiger partial charge in [-0.15, -0.1) is 0 Å². The van der Waals surface area contributed by atoms with E-state index in [4.69, 9.17) is 9.84 Å². The molecule has 0 amide bonds. The average Bonchev–Trinajstić information content (AvgIpc) is 2.30. The molecule has 1 unspecified atom stereocenters. The van der Waals surface area contributed by atoms with Crippen LogP contribution >= 0.6 is 0 Å². The summed E-state index contributed by atoms with van der Waals surface area (Å²) < 4.78 is 5.46. The van der Waals surface area contributed by atoms with Crippen LogP contribution in [0.15, 0.2) is 0 Å². The van der Waals surface area contributed by atoms with Gasteiger partial charge in [-0.05, 0) is 12.0 Å². The van der Waals surface area contributed by atoms with Crippen LogP contribution in [0, 0.1) is 11.8 Å². The van der Waals surface area contributed by atoms with Crippen LogP contribution in [0.2, 0.25) is 0 Å². The molecule has 1 aliphatic rings. The van der Waals surface area contributed by atoms with Gasteiger partial charge >= 0.3 is 0 Å². The number of aliphatic hydroxyl groups is 2. The van der Waals surface area contributed by atoms with Crippen LogP contribution in [0.5, 0.6) is 0 Å². The van der Waals surface area contributed by atoms with E-state index in [0.29, 0.717) is 5.92 Å². The summed E-state index contributed by atoms with van der Waals surface area (Å²) in [6, 6.07) is 0. The Bertz CT molecular complexity index is 152. The van der Waals surface area contributed by atoms with Crippen molar-refractivity contribution in [3.05, 3.63) is 5.92 Å². The fourth-order valence-electron chi connectivity index (χ4n) is 1.66. The third-order valence-corrected chi connectivity index (χ3v) is 2.37. The standard InChI is InChI=1S/C9H17O3.Y/c1-5(2)9-6(3)8(11)7(4-10)12-9;/h5,7-11H,4H2,1-3H3;/q-1;/t7-,8-,9?;/m1./s1. The zero-order valence-electron chi connectivity index (χ0n) is 8.40. The van der Waals surface area contributed by atoms with Gasteiger partial charge in [0.2, 0.25) is 0 Å². The minimum Gasteiger partial charge on any atom is -0.422 e. The maximum atomic E-state index is 9.55. The zero-order valence-corrected chi connectivity index (χ0v) is 11.2. The molecule has 1 radical (unpaired) electrons. The Balaban J connectivity index is 0.00000144. The van der Waals surface area contributed by atoms with Crippen molar-refractivity contribution >= 4 is 0 Å². The summed E-state index contributed by atoms with van der Waals surface area (Å²) in [5.74, 6) is 1.29. The molecule has 0 aromatic carbocycles. The molecule has 2 N–H and O–H groups in total. The normalized spacial score (nSPS) is 35.1. The van der Waals surface area contributed by atoms with Crippen molar-refractivity contribution in [2.24, 2.45) is 5.92 Å². The van der Waals surface area contributed by atoms with Gasteiger partial charge in [0.25, 0.3) is 0 Å². The second-order valence-electron chi connectivity index (χ2n) is 3.71. The Kier molecular flexibility index (Phi) is 6.20. The van der Waals surface area contributed by atoms with E-state index in [2.05, 4.69) is 0 Å². The van der Waals surface area contributed by atoms with Gasteiger partial charge in [0.05, 0.1) is 12.7 Å². The zero-order chi connectivity index (χ0) is 9.30. The first-order chi connectivity index (χ1) is 5.57. The summed E-state index contributed by atoms with van der Waals surface area (Å²) in [5, 5.41) is 18.4. The third-order valence-electron chi connectivity index (χ3n) is 2.37. The fourth-order valence-corrected chi connectivity index (χ4v) is 1.66. The molecule has 0 aliphatic carbocycles. The van der Waals surface area contributed by atoms with Crippen molar-refractivity contribution in [2.45, 2.75) is 39.1 Å². The minimum atomic E-state index is -0.595. The number of aliphatic hydroxyl groups excluding tert-OH is 2. The summed E-state index contributed by atoms with van der Waals surface area (Å²) in [5.41, 5.74) is 0. The maximum absolute atomic E-state index is 9.55. The van der Waals surface area contributed by atoms with Crippen molar-refractivity contribution in [3.63, 3.8) is 0 Å². The summed E-state index contributed by atoms with van der Waals surface area (Å²) in [7, 11) is 0. The Morgan fingerprint density at radius 1 is 1.46 bits per heavy atom. The van der Waals surface area contributed by atoms with Gasteiger partial charge in [-0.1, -0.05) is 20.0 Å². The number of rotatable bonds is 2. The molecule has 0 aromatic heterocycles. The van der Waals surface area contributed by atoms with Gasteiger partial charge in [-0.25, -0.2) is 0 Å². The third kappa shape index (κ3) is 2.97. The van der Waals surface area contributed by atoms with Crippen molar-refractivity contribution < 1.29 is 47.7 Å². The second-order valence-corrected chi connectivity index (χ2v) is 3.71. The van der Waals surface area contributed by atoms with Gasteiger partial charge < -0.3 is 14.9 Å². The molecule has 1 rings (SSSR count). The van der Waals surface area contributed by atoms with Crippen LogP contribution in [0.1, 0.15) is 20.8 Å². The van der Waals surface area contributed by atoms with Crippen molar-refractivity contribution in [3.8, 4) is 0 Å². The van der Waals surface area contributed by atoms with Crippen LogP contribution in [0.4, 0.5) is 0 Å². The number of ether oxygens (including phenoxy) is 1. The van der Waals surface area contributed by atoms with Crippen molar-refractivity contribution in [1.29, 1.82) is 0 Å². The van der Waals surface area contributed by atoms with E-state index in [-0.39, 0.29) is 45.4 Å². The molecule has 1 saturated heterocycles. The van der Waals surface area contributed by atoms with E-state index in [1.165, 1.54) is 0 Å². The predicted octanol–water partition coefficient (Wildman–Crippen LogP) is 0.355. The summed E-state index contributed by atoms with van der Waals surface area (Å²) in [6.07, 6.45) is -1.02.